The van der Waals surface area contributed by atoms with Gasteiger partial charge in [0.05, 0.1) is 15.9 Å². The SMILES string of the molecule is CCn1c(SCc2ccc3c(c2)OCO3)nc2cc(S(N)(=O)=O)ccc21. The number of thioether (sulfide) groups is 1. The molecule has 7 nitrogen and oxygen atoms in total. The average molecular weight is 391 g/mol. The molecule has 0 unspecified atom stereocenters. The Morgan fingerprint density at radius 3 is 2.77 bits per heavy atom. The molecule has 0 saturated heterocycles. The van der Waals surface area contributed by atoms with E-state index in [9.17, 15) is 8.42 Å². The standard InChI is InChI=1S/C17H17N3O4S2/c1-2-20-14-5-4-12(26(18,21)22)8-13(14)19-17(20)25-9-11-3-6-15-16(7-11)24-10-23-15/h3-8H,2,9-10H2,1H3,(H2,18,21,22). The first-order chi connectivity index (χ1) is 12.5. The number of ether oxygens (including phenoxy) is 2. The highest BCUT2D eigenvalue weighted by molar-refractivity contribution is 7.98. The van der Waals surface area contributed by atoms with Gasteiger partial charge in [-0.3, -0.25) is 0 Å². The number of benzene rings is 2. The number of aromatic nitrogens is 2. The number of nitrogens with zero attached hydrogens (tertiary/aromatic N) is 2. The summed E-state index contributed by atoms with van der Waals surface area (Å²) in [5.74, 6) is 2.22. The van der Waals surface area contributed by atoms with E-state index in [2.05, 4.69) is 9.55 Å². The maximum Gasteiger partial charge on any atom is 0.238 e. The smallest absolute Gasteiger partial charge is 0.238 e. The van der Waals surface area contributed by atoms with Gasteiger partial charge in [-0.2, -0.15) is 0 Å². The first-order valence-corrected chi connectivity index (χ1v) is 10.5. The van der Waals surface area contributed by atoms with Crippen LogP contribution in [0.25, 0.3) is 11.0 Å². The summed E-state index contributed by atoms with van der Waals surface area (Å²) in [6.07, 6.45) is 0. The molecule has 26 heavy (non-hydrogen) atoms. The lowest BCUT2D eigenvalue weighted by Gasteiger charge is -2.06. The van der Waals surface area contributed by atoms with Crippen molar-refractivity contribution in [2.75, 3.05) is 6.79 Å². The van der Waals surface area contributed by atoms with Crippen molar-refractivity contribution in [2.45, 2.75) is 29.3 Å². The van der Waals surface area contributed by atoms with Crippen LogP contribution in [0.15, 0.2) is 46.5 Å². The van der Waals surface area contributed by atoms with E-state index in [1.807, 2.05) is 25.1 Å². The summed E-state index contributed by atoms with van der Waals surface area (Å²) in [6.45, 7) is 3.01. The summed E-state index contributed by atoms with van der Waals surface area (Å²) in [6, 6.07) is 10.6. The summed E-state index contributed by atoms with van der Waals surface area (Å²) >= 11 is 1.58. The van der Waals surface area contributed by atoms with Crippen molar-refractivity contribution in [3.8, 4) is 11.5 Å². The zero-order chi connectivity index (χ0) is 18.3. The molecule has 4 rings (SSSR count). The summed E-state index contributed by atoms with van der Waals surface area (Å²) < 4.78 is 35.9. The Labute approximate surface area is 155 Å². The Kier molecular flexibility index (Phi) is 4.29. The number of sulfonamides is 1. The molecule has 0 fully saturated rings. The second-order valence-corrected chi connectivity index (χ2v) is 8.31. The number of nitrogens with two attached hydrogens (primary N) is 1. The molecule has 1 aliphatic rings. The number of hydrogen-bond acceptors (Lipinski definition) is 6. The summed E-state index contributed by atoms with van der Waals surface area (Å²) in [7, 11) is -3.75. The number of fused-ring (bicyclic) bond motifs is 2. The van der Waals surface area contributed by atoms with Gasteiger partial charge >= 0.3 is 0 Å². The molecular weight excluding hydrogens is 374 g/mol. The molecule has 1 aromatic heterocycles. The Bertz CT molecular complexity index is 1090. The molecular formula is C17H17N3O4S2. The predicted molar refractivity (Wildman–Crippen MR) is 98.9 cm³/mol. The molecule has 0 aliphatic carbocycles. The van der Waals surface area contributed by atoms with Gasteiger partial charge in [0.15, 0.2) is 16.7 Å². The van der Waals surface area contributed by atoms with Gasteiger partial charge in [-0.05, 0) is 42.8 Å². The second-order valence-electron chi connectivity index (χ2n) is 5.81. The third kappa shape index (κ3) is 3.13. The van der Waals surface area contributed by atoms with E-state index in [1.54, 1.807) is 17.8 Å². The van der Waals surface area contributed by atoms with Crippen molar-refractivity contribution in [1.82, 2.24) is 9.55 Å². The highest BCUT2D eigenvalue weighted by Gasteiger charge is 2.16. The van der Waals surface area contributed by atoms with Gasteiger partial charge in [-0.25, -0.2) is 18.5 Å². The molecule has 2 heterocycles. The van der Waals surface area contributed by atoms with Gasteiger partial charge in [0.1, 0.15) is 0 Å². The molecule has 0 amide bonds. The number of imidazole rings is 1. The van der Waals surface area contributed by atoms with E-state index in [0.29, 0.717) is 11.3 Å². The Hall–Kier alpha value is -2.23. The second kappa shape index (κ2) is 6.49. The van der Waals surface area contributed by atoms with Gasteiger partial charge in [0.25, 0.3) is 0 Å². The maximum atomic E-state index is 11.6. The molecule has 0 saturated carbocycles. The first-order valence-electron chi connectivity index (χ1n) is 8.00. The van der Waals surface area contributed by atoms with Crippen molar-refractivity contribution in [1.29, 1.82) is 0 Å². The molecule has 2 aromatic carbocycles. The van der Waals surface area contributed by atoms with E-state index in [4.69, 9.17) is 14.6 Å². The van der Waals surface area contributed by atoms with Crippen LogP contribution in [0.3, 0.4) is 0 Å². The van der Waals surface area contributed by atoms with Crippen LogP contribution in [0, 0.1) is 0 Å². The molecule has 0 bridgehead atoms. The molecule has 3 aromatic rings. The van der Waals surface area contributed by atoms with Crippen LogP contribution in [0.2, 0.25) is 0 Å². The quantitative estimate of drug-likeness (QED) is 0.672. The van der Waals surface area contributed by atoms with Gasteiger partial charge in [-0.15, -0.1) is 0 Å². The minimum Gasteiger partial charge on any atom is -0.454 e. The van der Waals surface area contributed by atoms with E-state index in [0.717, 1.165) is 34.3 Å². The Morgan fingerprint density at radius 2 is 2.00 bits per heavy atom. The molecule has 136 valence electrons. The van der Waals surface area contributed by atoms with Gasteiger partial charge in [0.2, 0.25) is 16.8 Å². The molecule has 2 N–H and O–H groups in total. The Balaban J connectivity index is 1.63. The first kappa shape index (κ1) is 17.2. The van der Waals surface area contributed by atoms with Crippen LogP contribution in [-0.4, -0.2) is 24.8 Å². The largest absolute Gasteiger partial charge is 0.454 e. The number of primary sulfonamides is 1. The van der Waals surface area contributed by atoms with Crippen LogP contribution in [0.5, 0.6) is 11.5 Å². The van der Waals surface area contributed by atoms with Crippen molar-refractivity contribution in [3.05, 3.63) is 42.0 Å². The van der Waals surface area contributed by atoms with Gasteiger partial charge in [-0.1, -0.05) is 17.8 Å². The molecule has 0 radical (unpaired) electrons. The molecule has 0 spiro atoms. The summed E-state index contributed by atoms with van der Waals surface area (Å²) in [5.41, 5.74) is 2.60. The van der Waals surface area contributed by atoms with Crippen molar-refractivity contribution < 1.29 is 17.9 Å². The lowest BCUT2D eigenvalue weighted by atomic mass is 10.2. The van der Waals surface area contributed by atoms with Crippen LogP contribution in [-0.2, 0) is 22.3 Å². The van der Waals surface area contributed by atoms with Gasteiger partial charge in [0, 0.05) is 12.3 Å². The number of aryl methyl sites for hydroxylation is 1. The highest BCUT2D eigenvalue weighted by Crippen LogP contribution is 2.35. The lowest BCUT2D eigenvalue weighted by molar-refractivity contribution is 0.174. The van der Waals surface area contributed by atoms with Crippen molar-refractivity contribution in [2.24, 2.45) is 5.14 Å². The fourth-order valence-electron chi connectivity index (χ4n) is 2.86. The lowest BCUT2D eigenvalue weighted by Crippen LogP contribution is -2.11. The fourth-order valence-corrected chi connectivity index (χ4v) is 4.41. The van der Waals surface area contributed by atoms with E-state index in [1.165, 1.54) is 12.1 Å². The van der Waals surface area contributed by atoms with Crippen molar-refractivity contribution in [3.63, 3.8) is 0 Å². The van der Waals surface area contributed by atoms with Gasteiger partial charge < -0.3 is 14.0 Å². The van der Waals surface area contributed by atoms with E-state index < -0.39 is 10.0 Å². The third-order valence-corrected chi connectivity index (χ3v) is 6.09. The minimum atomic E-state index is -3.75. The number of hydrogen-bond donors (Lipinski definition) is 1. The summed E-state index contributed by atoms with van der Waals surface area (Å²) in [4.78, 5) is 4.66. The summed E-state index contributed by atoms with van der Waals surface area (Å²) in [5, 5.41) is 6.04. The predicted octanol–water partition coefficient (Wildman–Crippen LogP) is 2.72. The van der Waals surface area contributed by atoms with E-state index in [-0.39, 0.29) is 11.7 Å². The normalized spacial score (nSPS) is 13.5. The highest BCUT2D eigenvalue weighted by atomic mass is 32.2. The van der Waals surface area contributed by atoms with Crippen LogP contribution in [0.4, 0.5) is 0 Å². The van der Waals surface area contributed by atoms with Crippen molar-refractivity contribution >= 4 is 32.8 Å². The third-order valence-electron chi connectivity index (χ3n) is 4.13. The monoisotopic (exact) mass is 391 g/mol. The minimum absolute atomic E-state index is 0.0677. The van der Waals surface area contributed by atoms with Crippen LogP contribution in [0.1, 0.15) is 12.5 Å². The fraction of sp³-hybridized carbons (Fsp3) is 0.235. The topological polar surface area (TPSA) is 96.4 Å². The average Bonchev–Trinajstić information content (AvgIpc) is 3.21. The van der Waals surface area contributed by atoms with Crippen LogP contribution >= 0.6 is 11.8 Å². The number of rotatable bonds is 5. The van der Waals surface area contributed by atoms with Crippen LogP contribution < -0.4 is 14.6 Å². The molecule has 9 heteroatoms. The molecule has 0 atom stereocenters. The maximum absolute atomic E-state index is 11.6. The molecule has 1 aliphatic heterocycles. The Morgan fingerprint density at radius 1 is 1.19 bits per heavy atom. The zero-order valence-electron chi connectivity index (χ0n) is 14.0. The zero-order valence-corrected chi connectivity index (χ0v) is 15.6. The van der Waals surface area contributed by atoms with E-state index >= 15 is 0 Å².